The molecule has 124 valence electrons. The molecule has 0 unspecified atom stereocenters. The lowest BCUT2D eigenvalue weighted by atomic mass is 10.1. The minimum Gasteiger partial charge on any atom is -0.495 e. The molecule has 1 aromatic heterocycles. The molecule has 0 spiro atoms. The fourth-order valence-electron chi connectivity index (χ4n) is 2.76. The van der Waals surface area contributed by atoms with E-state index >= 15 is 0 Å². The zero-order chi connectivity index (χ0) is 17.1. The lowest BCUT2D eigenvalue weighted by molar-refractivity contribution is 0.416. The van der Waals surface area contributed by atoms with Crippen molar-refractivity contribution in [1.82, 2.24) is 14.8 Å². The number of rotatable bonds is 5. The maximum atomic E-state index is 5.41. The summed E-state index contributed by atoms with van der Waals surface area (Å²) in [7, 11) is 1.66. The molecule has 5 nitrogen and oxygen atoms in total. The summed E-state index contributed by atoms with van der Waals surface area (Å²) in [4.78, 5) is 0. The van der Waals surface area contributed by atoms with E-state index in [1.165, 1.54) is 11.1 Å². The molecule has 3 aromatic rings. The maximum absolute atomic E-state index is 5.41. The zero-order valence-electron chi connectivity index (χ0n) is 14.0. The number of aryl methyl sites for hydroxylation is 2. The van der Waals surface area contributed by atoms with E-state index in [1.807, 2.05) is 28.8 Å². The number of benzene rings is 2. The minimum atomic E-state index is 0.528. The number of H-pyrrole nitrogens is 1. The van der Waals surface area contributed by atoms with E-state index in [4.69, 9.17) is 17.0 Å². The van der Waals surface area contributed by atoms with Gasteiger partial charge in [-0.15, -0.1) is 0 Å². The molecule has 0 aliphatic carbocycles. The summed E-state index contributed by atoms with van der Waals surface area (Å²) in [6.45, 7) is 4.68. The maximum Gasteiger partial charge on any atom is 0.199 e. The van der Waals surface area contributed by atoms with Gasteiger partial charge in [0, 0.05) is 0 Å². The molecular formula is C18H20N4OS. The molecule has 0 bridgehead atoms. The lowest BCUT2D eigenvalue weighted by Gasteiger charge is -2.12. The molecule has 2 N–H and O–H groups in total. The van der Waals surface area contributed by atoms with Crippen LogP contribution in [0.5, 0.6) is 5.75 Å². The van der Waals surface area contributed by atoms with Gasteiger partial charge in [0.2, 0.25) is 0 Å². The second-order valence-corrected chi connectivity index (χ2v) is 6.07. The third kappa shape index (κ3) is 3.33. The van der Waals surface area contributed by atoms with Gasteiger partial charge in [-0.2, -0.15) is 5.10 Å². The smallest absolute Gasteiger partial charge is 0.199 e. The molecule has 2 aromatic carbocycles. The number of hydrogen-bond acceptors (Lipinski definition) is 4. The van der Waals surface area contributed by atoms with Crippen molar-refractivity contribution in [3.8, 4) is 11.4 Å². The van der Waals surface area contributed by atoms with E-state index in [9.17, 15) is 0 Å². The van der Waals surface area contributed by atoms with E-state index in [0.717, 1.165) is 22.9 Å². The monoisotopic (exact) mass is 340 g/mol. The van der Waals surface area contributed by atoms with E-state index in [-0.39, 0.29) is 0 Å². The summed E-state index contributed by atoms with van der Waals surface area (Å²) in [5.74, 6) is 1.61. The Morgan fingerprint density at radius 2 is 1.88 bits per heavy atom. The van der Waals surface area contributed by atoms with E-state index < -0.39 is 0 Å². The molecule has 0 aliphatic rings. The average molecular weight is 340 g/mol. The van der Waals surface area contributed by atoms with Crippen LogP contribution in [0.15, 0.2) is 42.5 Å². The summed E-state index contributed by atoms with van der Waals surface area (Å²) >= 11 is 5.41. The van der Waals surface area contributed by atoms with Crippen LogP contribution in [0.1, 0.15) is 17.0 Å². The number of anilines is 1. The number of aromatic nitrogens is 3. The first-order chi connectivity index (χ1) is 11.6. The van der Waals surface area contributed by atoms with E-state index in [1.54, 1.807) is 7.11 Å². The predicted molar refractivity (Wildman–Crippen MR) is 98.5 cm³/mol. The highest BCUT2D eigenvalue weighted by Gasteiger charge is 2.10. The third-order valence-electron chi connectivity index (χ3n) is 3.75. The topological polar surface area (TPSA) is 54.9 Å². The summed E-state index contributed by atoms with van der Waals surface area (Å²) in [5, 5.41) is 10.6. The van der Waals surface area contributed by atoms with Gasteiger partial charge in [-0.3, -0.25) is 9.67 Å². The van der Waals surface area contributed by atoms with Crippen LogP contribution in [-0.4, -0.2) is 21.9 Å². The first-order valence-electron chi connectivity index (χ1n) is 7.70. The quantitative estimate of drug-likeness (QED) is 0.685. The van der Waals surface area contributed by atoms with Crippen LogP contribution >= 0.6 is 12.2 Å². The Labute approximate surface area is 146 Å². The van der Waals surface area contributed by atoms with Gasteiger partial charge >= 0.3 is 0 Å². The van der Waals surface area contributed by atoms with Gasteiger partial charge in [0.15, 0.2) is 10.6 Å². The van der Waals surface area contributed by atoms with Crippen molar-refractivity contribution in [3.05, 3.63) is 64.2 Å². The number of ether oxygens (including phenoxy) is 1. The van der Waals surface area contributed by atoms with Crippen LogP contribution in [0.3, 0.4) is 0 Å². The molecule has 3 rings (SSSR count). The molecular weight excluding hydrogens is 320 g/mol. The van der Waals surface area contributed by atoms with Crippen molar-refractivity contribution in [3.63, 3.8) is 0 Å². The average Bonchev–Trinajstić information content (AvgIpc) is 2.93. The Kier molecular flexibility index (Phi) is 4.66. The van der Waals surface area contributed by atoms with Crippen molar-refractivity contribution < 1.29 is 4.74 Å². The first-order valence-corrected chi connectivity index (χ1v) is 8.11. The van der Waals surface area contributed by atoms with Crippen molar-refractivity contribution in [1.29, 1.82) is 0 Å². The van der Waals surface area contributed by atoms with Gasteiger partial charge in [-0.05, 0) is 61.5 Å². The molecule has 1 heterocycles. The normalized spacial score (nSPS) is 10.6. The summed E-state index contributed by atoms with van der Waals surface area (Å²) in [6, 6.07) is 14.1. The lowest BCUT2D eigenvalue weighted by Crippen LogP contribution is -2.08. The molecule has 0 saturated heterocycles. The van der Waals surface area contributed by atoms with Crippen LogP contribution in [0.2, 0.25) is 0 Å². The standard InChI is InChI=1S/C18H20N4OS/c1-12-8-13(2)10-14(9-12)22-17(20-21-18(22)24)11-19-15-6-4-5-7-16(15)23-3/h4-10,19H,11H2,1-3H3,(H,21,24). The Bertz CT molecular complexity index is 893. The fourth-order valence-corrected chi connectivity index (χ4v) is 3.02. The van der Waals surface area contributed by atoms with Crippen molar-refractivity contribution in [2.45, 2.75) is 20.4 Å². The molecule has 0 fully saturated rings. The molecule has 0 amide bonds. The van der Waals surface area contributed by atoms with Gasteiger partial charge in [-0.25, -0.2) is 0 Å². The number of methoxy groups -OCH3 is 1. The van der Waals surface area contributed by atoms with Gasteiger partial charge in [0.1, 0.15) is 5.75 Å². The Morgan fingerprint density at radius 1 is 1.17 bits per heavy atom. The van der Waals surface area contributed by atoms with E-state index in [2.05, 4.69) is 47.6 Å². The van der Waals surface area contributed by atoms with Crippen LogP contribution < -0.4 is 10.1 Å². The van der Waals surface area contributed by atoms with Gasteiger partial charge in [-0.1, -0.05) is 18.2 Å². The SMILES string of the molecule is COc1ccccc1NCc1n[nH]c(=S)n1-c1cc(C)cc(C)c1. The Hall–Kier alpha value is -2.60. The Balaban J connectivity index is 1.92. The van der Waals surface area contributed by atoms with Crippen LogP contribution in [-0.2, 0) is 6.54 Å². The van der Waals surface area contributed by atoms with E-state index in [0.29, 0.717) is 11.3 Å². The van der Waals surface area contributed by atoms with Gasteiger partial charge < -0.3 is 10.1 Å². The van der Waals surface area contributed by atoms with Crippen LogP contribution in [0.25, 0.3) is 5.69 Å². The summed E-state index contributed by atoms with van der Waals surface area (Å²) in [5.41, 5.74) is 4.32. The zero-order valence-corrected chi connectivity index (χ0v) is 14.8. The van der Waals surface area contributed by atoms with Gasteiger partial charge in [0.25, 0.3) is 0 Å². The highest BCUT2D eigenvalue weighted by atomic mass is 32.1. The molecule has 0 saturated carbocycles. The van der Waals surface area contributed by atoms with Gasteiger partial charge in [0.05, 0.1) is 25.0 Å². The van der Waals surface area contributed by atoms with Crippen molar-refractivity contribution in [2.24, 2.45) is 0 Å². The van der Waals surface area contributed by atoms with Crippen LogP contribution in [0, 0.1) is 18.6 Å². The molecule has 0 atom stereocenters. The second-order valence-electron chi connectivity index (χ2n) is 5.68. The fraction of sp³-hybridized carbons (Fsp3) is 0.222. The molecule has 0 aliphatic heterocycles. The molecule has 6 heteroatoms. The predicted octanol–water partition coefficient (Wildman–Crippen LogP) is 4.17. The van der Waals surface area contributed by atoms with Crippen molar-refractivity contribution >= 4 is 17.9 Å². The first kappa shape index (κ1) is 16.3. The summed E-state index contributed by atoms with van der Waals surface area (Å²) < 4.78 is 7.90. The highest BCUT2D eigenvalue weighted by molar-refractivity contribution is 7.71. The second kappa shape index (κ2) is 6.88. The largest absolute Gasteiger partial charge is 0.495 e. The third-order valence-corrected chi connectivity index (χ3v) is 4.02. The Morgan fingerprint density at radius 3 is 2.58 bits per heavy atom. The van der Waals surface area contributed by atoms with Crippen LogP contribution in [0.4, 0.5) is 5.69 Å². The number of para-hydroxylation sites is 2. The highest BCUT2D eigenvalue weighted by Crippen LogP contribution is 2.24. The number of aromatic amines is 1. The molecule has 24 heavy (non-hydrogen) atoms. The number of nitrogens with zero attached hydrogens (tertiary/aromatic N) is 2. The molecule has 0 radical (unpaired) electrons. The number of nitrogens with one attached hydrogen (secondary N) is 2. The number of hydrogen-bond donors (Lipinski definition) is 2. The minimum absolute atomic E-state index is 0.528. The van der Waals surface area contributed by atoms with Crippen molar-refractivity contribution in [2.75, 3.05) is 12.4 Å². The summed E-state index contributed by atoms with van der Waals surface area (Å²) in [6.07, 6.45) is 0.